The average molecular weight is 266 g/mol. The highest BCUT2D eigenvalue weighted by molar-refractivity contribution is 5.69. The summed E-state index contributed by atoms with van der Waals surface area (Å²) in [6, 6.07) is 3.46. The van der Waals surface area contributed by atoms with Gasteiger partial charge in [-0.05, 0) is 45.7 Å². The SMILES string of the molecule is CC(C)(C)OC(=O)CCCCOc1ccc(N)nc1. The standard InChI is InChI=1S/C14H22N2O3/c1-14(2,3)19-13(17)6-4-5-9-18-11-7-8-12(15)16-10-11/h7-8,10H,4-6,9H2,1-3H3,(H2,15,16). The molecule has 106 valence electrons. The molecule has 0 aromatic carbocycles. The monoisotopic (exact) mass is 266 g/mol. The van der Waals surface area contributed by atoms with Crippen LogP contribution < -0.4 is 10.5 Å². The van der Waals surface area contributed by atoms with Gasteiger partial charge in [0.25, 0.3) is 0 Å². The molecule has 0 bridgehead atoms. The van der Waals surface area contributed by atoms with Crippen LogP contribution in [0, 0.1) is 0 Å². The first-order valence-corrected chi connectivity index (χ1v) is 6.43. The number of ether oxygens (including phenoxy) is 2. The minimum Gasteiger partial charge on any atom is -0.492 e. The smallest absolute Gasteiger partial charge is 0.306 e. The fourth-order valence-electron chi connectivity index (χ4n) is 1.43. The van der Waals surface area contributed by atoms with Crippen molar-refractivity contribution in [3.8, 4) is 5.75 Å². The number of esters is 1. The maximum absolute atomic E-state index is 11.4. The maximum Gasteiger partial charge on any atom is 0.306 e. The van der Waals surface area contributed by atoms with Crippen molar-refractivity contribution in [3.63, 3.8) is 0 Å². The quantitative estimate of drug-likeness (QED) is 0.632. The Bertz CT molecular complexity index is 396. The molecule has 0 atom stereocenters. The molecular formula is C14H22N2O3. The van der Waals surface area contributed by atoms with Crippen LogP contribution in [0.2, 0.25) is 0 Å². The normalized spacial score (nSPS) is 11.1. The Kier molecular flexibility index (Phi) is 5.60. The Morgan fingerprint density at radius 2 is 2.05 bits per heavy atom. The van der Waals surface area contributed by atoms with E-state index in [2.05, 4.69) is 4.98 Å². The third-order valence-corrected chi connectivity index (χ3v) is 2.22. The Labute approximate surface area is 114 Å². The molecule has 5 heteroatoms. The third-order valence-electron chi connectivity index (χ3n) is 2.22. The summed E-state index contributed by atoms with van der Waals surface area (Å²) in [6.45, 7) is 6.14. The second kappa shape index (κ2) is 6.97. The number of nitrogen functional groups attached to an aromatic ring is 1. The molecule has 0 aliphatic carbocycles. The van der Waals surface area contributed by atoms with Crippen LogP contribution in [-0.2, 0) is 9.53 Å². The van der Waals surface area contributed by atoms with Gasteiger partial charge in [0, 0.05) is 6.42 Å². The molecule has 0 saturated heterocycles. The lowest BCUT2D eigenvalue weighted by Crippen LogP contribution is -2.23. The van der Waals surface area contributed by atoms with E-state index >= 15 is 0 Å². The van der Waals surface area contributed by atoms with E-state index in [1.165, 1.54) is 0 Å². The van der Waals surface area contributed by atoms with Crippen molar-refractivity contribution >= 4 is 11.8 Å². The predicted octanol–water partition coefficient (Wildman–Crippen LogP) is 2.55. The summed E-state index contributed by atoms with van der Waals surface area (Å²) in [6.07, 6.45) is 3.55. The summed E-state index contributed by atoms with van der Waals surface area (Å²) in [5.41, 5.74) is 5.06. The summed E-state index contributed by atoms with van der Waals surface area (Å²) in [5, 5.41) is 0. The van der Waals surface area contributed by atoms with Crippen molar-refractivity contribution in [1.29, 1.82) is 0 Å². The Morgan fingerprint density at radius 1 is 1.32 bits per heavy atom. The van der Waals surface area contributed by atoms with E-state index in [1.807, 2.05) is 20.8 Å². The molecular weight excluding hydrogens is 244 g/mol. The first kappa shape index (κ1) is 15.3. The highest BCUT2D eigenvalue weighted by atomic mass is 16.6. The van der Waals surface area contributed by atoms with E-state index in [1.54, 1.807) is 18.3 Å². The van der Waals surface area contributed by atoms with Gasteiger partial charge >= 0.3 is 5.97 Å². The molecule has 0 unspecified atom stereocenters. The number of anilines is 1. The largest absolute Gasteiger partial charge is 0.492 e. The van der Waals surface area contributed by atoms with E-state index in [9.17, 15) is 4.79 Å². The van der Waals surface area contributed by atoms with Gasteiger partial charge in [-0.1, -0.05) is 0 Å². The molecule has 0 amide bonds. The average Bonchev–Trinajstić information content (AvgIpc) is 2.29. The molecule has 1 aromatic heterocycles. The van der Waals surface area contributed by atoms with Gasteiger partial charge < -0.3 is 15.2 Å². The first-order valence-electron chi connectivity index (χ1n) is 6.43. The van der Waals surface area contributed by atoms with E-state index in [0.717, 1.165) is 12.8 Å². The maximum atomic E-state index is 11.4. The summed E-state index contributed by atoms with van der Waals surface area (Å²) >= 11 is 0. The molecule has 1 rings (SSSR count). The van der Waals surface area contributed by atoms with Crippen molar-refractivity contribution in [2.75, 3.05) is 12.3 Å². The van der Waals surface area contributed by atoms with Gasteiger partial charge in [-0.25, -0.2) is 4.98 Å². The molecule has 0 saturated carbocycles. The number of hydrogen-bond donors (Lipinski definition) is 1. The second-order valence-corrected chi connectivity index (χ2v) is 5.31. The number of aromatic nitrogens is 1. The Balaban J connectivity index is 2.11. The summed E-state index contributed by atoms with van der Waals surface area (Å²) in [4.78, 5) is 15.4. The number of rotatable bonds is 6. The molecule has 0 radical (unpaired) electrons. The number of nitrogens with two attached hydrogens (primary N) is 1. The molecule has 0 spiro atoms. The van der Waals surface area contributed by atoms with Crippen LogP contribution in [0.15, 0.2) is 18.3 Å². The lowest BCUT2D eigenvalue weighted by Gasteiger charge is -2.19. The van der Waals surface area contributed by atoms with Gasteiger partial charge in [-0.3, -0.25) is 4.79 Å². The zero-order valence-corrected chi connectivity index (χ0v) is 11.8. The van der Waals surface area contributed by atoms with Gasteiger partial charge in [0.15, 0.2) is 0 Å². The number of carbonyl (C=O) groups is 1. The number of carbonyl (C=O) groups excluding carboxylic acids is 1. The van der Waals surface area contributed by atoms with Crippen molar-refractivity contribution in [2.45, 2.75) is 45.6 Å². The highest BCUT2D eigenvalue weighted by Crippen LogP contribution is 2.12. The summed E-state index contributed by atoms with van der Waals surface area (Å²) in [5.74, 6) is 0.991. The van der Waals surface area contributed by atoms with Crippen LogP contribution in [0.1, 0.15) is 40.0 Å². The summed E-state index contributed by atoms with van der Waals surface area (Å²) in [7, 11) is 0. The van der Waals surface area contributed by atoms with Crippen LogP contribution in [0.4, 0.5) is 5.82 Å². The van der Waals surface area contributed by atoms with Gasteiger partial charge in [0.2, 0.25) is 0 Å². The zero-order valence-electron chi connectivity index (χ0n) is 11.8. The molecule has 0 fully saturated rings. The Hall–Kier alpha value is -1.78. The van der Waals surface area contributed by atoms with E-state index in [4.69, 9.17) is 15.2 Å². The minimum absolute atomic E-state index is 0.165. The van der Waals surface area contributed by atoms with Crippen LogP contribution in [0.25, 0.3) is 0 Å². The van der Waals surface area contributed by atoms with Crippen molar-refractivity contribution in [1.82, 2.24) is 4.98 Å². The third kappa shape index (κ3) is 7.28. The van der Waals surface area contributed by atoms with Gasteiger partial charge in [-0.2, -0.15) is 0 Å². The molecule has 2 N–H and O–H groups in total. The summed E-state index contributed by atoms with van der Waals surface area (Å²) < 4.78 is 10.7. The molecule has 19 heavy (non-hydrogen) atoms. The Morgan fingerprint density at radius 3 is 2.63 bits per heavy atom. The fourth-order valence-corrected chi connectivity index (χ4v) is 1.43. The second-order valence-electron chi connectivity index (χ2n) is 5.31. The van der Waals surface area contributed by atoms with Crippen molar-refractivity contribution in [2.24, 2.45) is 0 Å². The number of pyridine rings is 1. The molecule has 0 aliphatic rings. The van der Waals surface area contributed by atoms with Crippen LogP contribution in [0.5, 0.6) is 5.75 Å². The van der Waals surface area contributed by atoms with Gasteiger partial charge in [0.1, 0.15) is 17.2 Å². The highest BCUT2D eigenvalue weighted by Gasteiger charge is 2.15. The van der Waals surface area contributed by atoms with E-state index < -0.39 is 5.60 Å². The molecule has 1 aromatic rings. The number of nitrogens with zero attached hydrogens (tertiary/aromatic N) is 1. The van der Waals surface area contributed by atoms with Crippen LogP contribution >= 0.6 is 0 Å². The van der Waals surface area contributed by atoms with Crippen molar-refractivity contribution in [3.05, 3.63) is 18.3 Å². The number of unbranched alkanes of at least 4 members (excludes halogenated alkanes) is 1. The minimum atomic E-state index is -0.413. The van der Waals surface area contributed by atoms with Crippen LogP contribution in [-0.4, -0.2) is 23.2 Å². The van der Waals surface area contributed by atoms with Gasteiger partial charge in [0.05, 0.1) is 12.8 Å². The lowest BCUT2D eigenvalue weighted by atomic mass is 10.2. The van der Waals surface area contributed by atoms with E-state index in [0.29, 0.717) is 24.6 Å². The van der Waals surface area contributed by atoms with Gasteiger partial charge in [-0.15, -0.1) is 0 Å². The first-order chi connectivity index (χ1) is 8.87. The fraction of sp³-hybridized carbons (Fsp3) is 0.571. The lowest BCUT2D eigenvalue weighted by molar-refractivity contribution is -0.154. The molecule has 5 nitrogen and oxygen atoms in total. The molecule has 0 aliphatic heterocycles. The molecule has 1 heterocycles. The van der Waals surface area contributed by atoms with E-state index in [-0.39, 0.29) is 5.97 Å². The van der Waals surface area contributed by atoms with Crippen molar-refractivity contribution < 1.29 is 14.3 Å². The topological polar surface area (TPSA) is 74.4 Å². The predicted molar refractivity (Wildman–Crippen MR) is 73.8 cm³/mol. The van der Waals surface area contributed by atoms with Crippen LogP contribution in [0.3, 0.4) is 0 Å². The zero-order chi connectivity index (χ0) is 14.3. The number of hydrogen-bond acceptors (Lipinski definition) is 5.